The average Bonchev–Trinajstić information content (AvgIpc) is 3.48. The minimum absolute atomic E-state index is 0.198. The molecule has 5 N–H and O–H groups in total. The lowest BCUT2D eigenvalue weighted by molar-refractivity contribution is 0.0952. The number of nitrogens with two attached hydrogens (primary N) is 1. The summed E-state index contributed by atoms with van der Waals surface area (Å²) < 4.78 is 0. The molecule has 0 atom stereocenters. The molecule has 0 aliphatic carbocycles. The first kappa shape index (κ1) is 19.9. The van der Waals surface area contributed by atoms with E-state index in [0.717, 1.165) is 0 Å². The van der Waals surface area contributed by atoms with Crippen molar-refractivity contribution in [1.82, 2.24) is 5.32 Å². The van der Waals surface area contributed by atoms with Crippen LogP contribution in [0.1, 0.15) is 29.6 Å². The maximum atomic E-state index is 12.3. The number of benzene rings is 2. The molecule has 1 heterocycles. The Morgan fingerprint density at radius 2 is 1.55 bits per heavy atom. The number of amides is 3. The maximum Gasteiger partial charge on any atom is 0.323 e. The predicted molar refractivity (Wildman–Crippen MR) is 113 cm³/mol. The van der Waals surface area contributed by atoms with Gasteiger partial charge in [-0.15, -0.1) is 12.3 Å². The van der Waals surface area contributed by atoms with Gasteiger partial charge < -0.3 is 21.7 Å². The third kappa shape index (κ3) is 5.81. The van der Waals surface area contributed by atoms with Crippen LogP contribution in [0.25, 0.3) is 0 Å². The van der Waals surface area contributed by atoms with Crippen LogP contribution in [0.15, 0.2) is 58.8 Å². The van der Waals surface area contributed by atoms with Gasteiger partial charge in [0.05, 0.1) is 0 Å². The number of rotatable bonds is 8. The molecule has 0 saturated carbocycles. The molecule has 3 rings (SSSR count). The molecule has 2 aromatic carbocycles. The zero-order valence-corrected chi connectivity index (χ0v) is 15.8. The SMILES string of the molecule is C#CCCC1(CCNC(=O)c2ccc(NC(=O)Nc3ccc(N)cc3)cc2)N=N1. The number of hydrogen-bond acceptors (Lipinski definition) is 5. The van der Waals surface area contributed by atoms with Crippen LogP contribution in [0.4, 0.5) is 21.9 Å². The number of terminal acetylenes is 1. The molecule has 0 saturated heterocycles. The van der Waals surface area contributed by atoms with E-state index in [2.05, 4.69) is 32.1 Å². The molecule has 0 radical (unpaired) electrons. The summed E-state index contributed by atoms with van der Waals surface area (Å²) in [4.78, 5) is 24.3. The first-order valence-electron chi connectivity index (χ1n) is 9.19. The molecule has 0 unspecified atom stereocenters. The van der Waals surface area contributed by atoms with Crippen LogP contribution in [0.5, 0.6) is 0 Å². The number of urea groups is 1. The number of carbonyl (C=O) groups excluding carboxylic acids is 2. The third-order valence-corrected chi connectivity index (χ3v) is 4.44. The first-order valence-corrected chi connectivity index (χ1v) is 9.19. The van der Waals surface area contributed by atoms with Gasteiger partial charge in [0.2, 0.25) is 0 Å². The van der Waals surface area contributed by atoms with Crippen molar-refractivity contribution in [3.63, 3.8) is 0 Å². The fraction of sp³-hybridized carbons (Fsp3) is 0.238. The number of nitrogens with zero attached hydrogens (tertiary/aromatic N) is 2. The van der Waals surface area contributed by atoms with Gasteiger partial charge in [-0.2, -0.15) is 10.2 Å². The van der Waals surface area contributed by atoms with E-state index in [1.807, 2.05) is 0 Å². The van der Waals surface area contributed by atoms with Crippen molar-refractivity contribution in [3.05, 3.63) is 54.1 Å². The fourth-order valence-corrected chi connectivity index (χ4v) is 2.71. The lowest BCUT2D eigenvalue weighted by atomic mass is 10.0. The minimum Gasteiger partial charge on any atom is -0.399 e. The van der Waals surface area contributed by atoms with Crippen molar-refractivity contribution in [2.75, 3.05) is 22.9 Å². The Morgan fingerprint density at radius 3 is 2.10 bits per heavy atom. The highest BCUT2D eigenvalue weighted by atomic mass is 16.2. The number of anilines is 3. The lowest BCUT2D eigenvalue weighted by Crippen LogP contribution is -2.28. The first-order chi connectivity index (χ1) is 14.0. The molecule has 8 heteroatoms. The second-order valence-electron chi connectivity index (χ2n) is 6.67. The van der Waals surface area contributed by atoms with Gasteiger partial charge in [0.1, 0.15) is 0 Å². The Bertz CT molecular complexity index is 939. The third-order valence-electron chi connectivity index (χ3n) is 4.44. The zero-order valence-electron chi connectivity index (χ0n) is 15.8. The molecule has 8 nitrogen and oxygen atoms in total. The molecule has 1 aliphatic rings. The second kappa shape index (κ2) is 8.89. The summed E-state index contributed by atoms with van der Waals surface area (Å²) in [6.07, 6.45) is 7.21. The molecule has 2 aromatic rings. The van der Waals surface area contributed by atoms with E-state index in [-0.39, 0.29) is 11.9 Å². The van der Waals surface area contributed by atoms with Gasteiger partial charge in [-0.3, -0.25) is 4.79 Å². The van der Waals surface area contributed by atoms with Crippen molar-refractivity contribution in [1.29, 1.82) is 0 Å². The summed E-state index contributed by atoms with van der Waals surface area (Å²) >= 11 is 0. The van der Waals surface area contributed by atoms with Crippen molar-refractivity contribution < 1.29 is 9.59 Å². The summed E-state index contributed by atoms with van der Waals surface area (Å²) in [5, 5.41) is 16.3. The average molecular weight is 390 g/mol. The molecule has 0 aromatic heterocycles. The topological polar surface area (TPSA) is 121 Å². The Kier molecular flexibility index (Phi) is 6.09. The van der Waals surface area contributed by atoms with Gasteiger partial charge in [0.15, 0.2) is 5.66 Å². The van der Waals surface area contributed by atoms with Crippen LogP contribution in [0, 0.1) is 12.3 Å². The lowest BCUT2D eigenvalue weighted by Gasteiger charge is -2.11. The molecule has 3 amide bonds. The second-order valence-corrected chi connectivity index (χ2v) is 6.67. The number of carbonyl (C=O) groups is 2. The molecule has 29 heavy (non-hydrogen) atoms. The normalized spacial score (nSPS) is 13.2. The van der Waals surface area contributed by atoms with Crippen LogP contribution < -0.4 is 21.7 Å². The van der Waals surface area contributed by atoms with Crippen LogP contribution in [0.3, 0.4) is 0 Å². The van der Waals surface area contributed by atoms with Crippen molar-refractivity contribution in [2.24, 2.45) is 10.2 Å². The van der Waals surface area contributed by atoms with E-state index in [9.17, 15) is 9.59 Å². The van der Waals surface area contributed by atoms with Crippen LogP contribution in [0.2, 0.25) is 0 Å². The number of nitrogens with one attached hydrogen (secondary N) is 3. The highest BCUT2D eigenvalue weighted by molar-refractivity contribution is 6.00. The Labute approximate surface area is 169 Å². The minimum atomic E-state index is -0.411. The fourth-order valence-electron chi connectivity index (χ4n) is 2.71. The van der Waals surface area contributed by atoms with Crippen molar-refractivity contribution in [2.45, 2.75) is 24.9 Å². The van der Waals surface area contributed by atoms with Gasteiger partial charge in [0.25, 0.3) is 5.91 Å². The van der Waals surface area contributed by atoms with Gasteiger partial charge in [-0.25, -0.2) is 4.79 Å². The Hall–Kier alpha value is -3.86. The van der Waals surface area contributed by atoms with E-state index in [4.69, 9.17) is 12.2 Å². The maximum absolute atomic E-state index is 12.3. The van der Waals surface area contributed by atoms with Gasteiger partial charge >= 0.3 is 6.03 Å². The standard InChI is InChI=1S/C21H22N6O2/c1-2-3-12-21(26-27-21)13-14-23-19(28)15-4-8-17(9-5-15)24-20(29)25-18-10-6-16(22)7-11-18/h1,4-11H,3,12-14,22H2,(H,23,28)(H2,24,25,29). The monoisotopic (exact) mass is 390 g/mol. The van der Waals surface area contributed by atoms with Gasteiger partial charge in [-0.1, -0.05) is 0 Å². The van der Waals surface area contributed by atoms with E-state index >= 15 is 0 Å². The van der Waals surface area contributed by atoms with Crippen molar-refractivity contribution >= 4 is 29.0 Å². The molecule has 1 aliphatic heterocycles. The summed E-state index contributed by atoms with van der Waals surface area (Å²) in [5.41, 5.74) is 7.52. The Morgan fingerprint density at radius 1 is 0.966 bits per heavy atom. The highest BCUT2D eigenvalue weighted by Gasteiger charge is 2.38. The van der Waals surface area contributed by atoms with E-state index in [0.29, 0.717) is 48.4 Å². The van der Waals surface area contributed by atoms with E-state index < -0.39 is 5.66 Å². The summed E-state index contributed by atoms with van der Waals surface area (Å²) in [6.45, 7) is 0.459. The highest BCUT2D eigenvalue weighted by Crippen LogP contribution is 2.36. The quantitative estimate of drug-likeness (QED) is 0.407. The van der Waals surface area contributed by atoms with Crippen LogP contribution >= 0.6 is 0 Å². The van der Waals surface area contributed by atoms with E-state index in [1.54, 1.807) is 48.5 Å². The summed E-state index contributed by atoms with van der Waals surface area (Å²) in [5.74, 6) is 2.38. The van der Waals surface area contributed by atoms with Gasteiger partial charge in [-0.05, 0) is 48.5 Å². The molecular formula is C21H22N6O2. The zero-order chi connectivity index (χ0) is 20.7. The predicted octanol–water partition coefficient (Wildman–Crippen LogP) is 3.61. The van der Waals surface area contributed by atoms with E-state index in [1.165, 1.54) is 0 Å². The van der Waals surface area contributed by atoms with Gasteiger partial charge in [0, 0.05) is 48.4 Å². The number of hydrogen-bond donors (Lipinski definition) is 4. The molecule has 148 valence electrons. The summed E-state index contributed by atoms with van der Waals surface area (Å²) in [6, 6.07) is 13.1. The number of nitrogen functional groups attached to an aromatic ring is 1. The summed E-state index contributed by atoms with van der Waals surface area (Å²) in [7, 11) is 0. The molecule has 0 bridgehead atoms. The smallest absolute Gasteiger partial charge is 0.323 e. The Balaban J connectivity index is 1.44. The van der Waals surface area contributed by atoms with Crippen LogP contribution in [-0.2, 0) is 0 Å². The molecule has 0 fully saturated rings. The largest absolute Gasteiger partial charge is 0.399 e. The van der Waals surface area contributed by atoms with Crippen molar-refractivity contribution in [3.8, 4) is 12.3 Å². The van der Waals surface area contributed by atoms with Crippen LogP contribution in [-0.4, -0.2) is 24.1 Å². The molecule has 0 spiro atoms. The molecular weight excluding hydrogens is 368 g/mol.